The van der Waals surface area contributed by atoms with E-state index in [1.165, 1.54) is 6.42 Å². The SMILES string of the molecule is CN1CC[C@H]1COc1cnc(Cl)c(Cl)c1.Cl. The molecule has 1 aromatic heterocycles. The second-order valence-corrected chi connectivity index (χ2v) is 4.44. The minimum Gasteiger partial charge on any atom is -0.490 e. The van der Waals surface area contributed by atoms with Gasteiger partial charge in [0.15, 0.2) is 0 Å². The number of aromatic nitrogens is 1. The van der Waals surface area contributed by atoms with Crippen LogP contribution < -0.4 is 4.74 Å². The normalized spacial score (nSPS) is 19.8. The molecule has 1 aromatic rings. The summed E-state index contributed by atoms with van der Waals surface area (Å²) in [5.74, 6) is 0.671. The topological polar surface area (TPSA) is 25.4 Å². The smallest absolute Gasteiger partial charge is 0.147 e. The highest BCUT2D eigenvalue weighted by Gasteiger charge is 2.24. The van der Waals surface area contributed by atoms with Crippen LogP contribution in [-0.2, 0) is 0 Å². The van der Waals surface area contributed by atoms with E-state index < -0.39 is 0 Å². The fourth-order valence-electron chi connectivity index (χ4n) is 1.46. The van der Waals surface area contributed by atoms with Crippen LogP contribution >= 0.6 is 35.6 Å². The van der Waals surface area contributed by atoms with Crippen molar-refractivity contribution in [1.82, 2.24) is 9.88 Å². The largest absolute Gasteiger partial charge is 0.490 e. The molecule has 0 unspecified atom stereocenters. The third-order valence-electron chi connectivity index (χ3n) is 2.65. The van der Waals surface area contributed by atoms with E-state index in [0.717, 1.165) is 6.54 Å². The molecule has 1 aliphatic heterocycles. The zero-order valence-corrected chi connectivity index (χ0v) is 11.1. The summed E-state index contributed by atoms with van der Waals surface area (Å²) in [6, 6.07) is 2.20. The monoisotopic (exact) mass is 282 g/mol. The molecular formula is C10H13Cl3N2O. The van der Waals surface area contributed by atoms with Crippen LogP contribution in [0.3, 0.4) is 0 Å². The maximum absolute atomic E-state index is 5.82. The van der Waals surface area contributed by atoms with Crippen molar-refractivity contribution in [3.63, 3.8) is 0 Å². The third kappa shape index (κ3) is 3.14. The molecule has 6 heteroatoms. The molecule has 0 aromatic carbocycles. The van der Waals surface area contributed by atoms with Gasteiger partial charge in [-0.1, -0.05) is 23.2 Å². The molecule has 1 fully saturated rings. The second-order valence-electron chi connectivity index (χ2n) is 3.68. The lowest BCUT2D eigenvalue weighted by Crippen LogP contribution is -2.48. The lowest BCUT2D eigenvalue weighted by Gasteiger charge is -2.37. The molecule has 0 bridgehead atoms. The quantitative estimate of drug-likeness (QED) is 0.798. The Morgan fingerprint density at radius 1 is 1.56 bits per heavy atom. The van der Waals surface area contributed by atoms with E-state index in [0.29, 0.717) is 28.6 Å². The highest BCUT2D eigenvalue weighted by atomic mass is 35.5. The van der Waals surface area contributed by atoms with Gasteiger partial charge in [-0.3, -0.25) is 4.90 Å². The van der Waals surface area contributed by atoms with Crippen LogP contribution in [-0.4, -0.2) is 36.1 Å². The predicted molar refractivity (Wildman–Crippen MR) is 68.0 cm³/mol. The highest BCUT2D eigenvalue weighted by molar-refractivity contribution is 6.41. The number of likely N-dealkylation sites (tertiary alicyclic amines) is 1. The number of hydrogen-bond donors (Lipinski definition) is 0. The van der Waals surface area contributed by atoms with Gasteiger partial charge in [0.2, 0.25) is 0 Å². The summed E-state index contributed by atoms with van der Waals surface area (Å²) in [4.78, 5) is 6.17. The maximum Gasteiger partial charge on any atom is 0.147 e. The number of likely N-dealkylation sites (N-methyl/N-ethyl adjacent to an activating group) is 1. The van der Waals surface area contributed by atoms with E-state index >= 15 is 0 Å². The van der Waals surface area contributed by atoms with Gasteiger partial charge < -0.3 is 4.74 Å². The van der Waals surface area contributed by atoms with E-state index in [1.807, 2.05) is 0 Å². The van der Waals surface area contributed by atoms with E-state index in [9.17, 15) is 0 Å². The Morgan fingerprint density at radius 2 is 2.31 bits per heavy atom. The van der Waals surface area contributed by atoms with Crippen molar-refractivity contribution in [3.05, 3.63) is 22.4 Å². The zero-order valence-electron chi connectivity index (χ0n) is 8.82. The molecule has 0 saturated carbocycles. The molecule has 1 saturated heterocycles. The molecule has 0 N–H and O–H groups in total. The molecular weight excluding hydrogens is 270 g/mol. The van der Waals surface area contributed by atoms with Gasteiger partial charge in [-0.05, 0) is 20.0 Å². The first-order chi connectivity index (χ1) is 7.16. The number of hydrogen-bond acceptors (Lipinski definition) is 3. The molecule has 90 valence electrons. The first-order valence-electron chi connectivity index (χ1n) is 4.81. The summed E-state index contributed by atoms with van der Waals surface area (Å²) in [6.07, 6.45) is 2.78. The van der Waals surface area contributed by atoms with Crippen LogP contribution in [0.15, 0.2) is 12.3 Å². The van der Waals surface area contributed by atoms with Crippen molar-refractivity contribution >= 4 is 35.6 Å². The average Bonchev–Trinajstić information content (AvgIpc) is 2.21. The first-order valence-corrected chi connectivity index (χ1v) is 5.56. The number of ether oxygens (including phenoxy) is 1. The summed E-state index contributed by atoms with van der Waals surface area (Å²) >= 11 is 11.5. The third-order valence-corrected chi connectivity index (χ3v) is 3.34. The van der Waals surface area contributed by atoms with Gasteiger partial charge in [-0.25, -0.2) is 4.98 Å². The van der Waals surface area contributed by atoms with Gasteiger partial charge in [0.1, 0.15) is 17.5 Å². The van der Waals surface area contributed by atoms with Gasteiger partial charge in [-0.2, -0.15) is 0 Å². The summed E-state index contributed by atoms with van der Waals surface area (Å²) < 4.78 is 5.57. The summed E-state index contributed by atoms with van der Waals surface area (Å²) in [5.41, 5.74) is 0. The first kappa shape index (κ1) is 13.8. The summed E-state index contributed by atoms with van der Waals surface area (Å²) in [7, 11) is 2.09. The lowest BCUT2D eigenvalue weighted by atomic mass is 10.1. The molecule has 2 heterocycles. The van der Waals surface area contributed by atoms with Crippen LogP contribution in [0.1, 0.15) is 6.42 Å². The van der Waals surface area contributed by atoms with Crippen molar-refractivity contribution in [1.29, 1.82) is 0 Å². The van der Waals surface area contributed by atoms with Crippen molar-refractivity contribution in [3.8, 4) is 5.75 Å². The molecule has 16 heavy (non-hydrogen) atoms. The summed E-state index contributed by atoms with van der Waals surface area (Å²) in [5, 5.41) is 0.737. The Labute approximate surface area is 111 Å². The van der Waals surface area contributed by atoms with Crippen LogP contribution in [0, 0.1) is 0 Å². The average molecular weight is 284 g/mol. The Bertz CT molecular complexity index is 362. The van der Waals surface area contributed by atoms with E-state index in [1.54, 1.807) is 12.3 Å². The van der Waals surface area contributed by atoms with Gasteiger partial charge in [0.25, 0.3) is 0 Å². The molecule has 2 rings (SSSR count). The molecule has 1 aliphatic rings. The molecule has 0 spiro atoms. The van der Waals surface area contributed by atoms with Gasteiger partial charge in [0.05, 0.1) is 11.2 Å². The Morgan fingerprint density at radius 3 is 2.81 bits per heavy atom. The number of rotatable bonds is 3. The van der Waals surface area contributed by atoms with Crippen LogP contribution in [0.25, 0.3) is 0 Å². The van der Waals surface area contributed by atoms with Crippen LogP contribution in [0.5, 0.6) is 5.75 Å². The number of nitrogens with zero attached hydrogens (tertiary/aromatic N) is 2. The Kier molecular flexibility index (Phi) is 5.12. The second kappa shape index (κ2) is 5.92. The molecule has 3 nitrogen and oxygen atoms in total. The lowest BCUT2D eigenvalue weighted by molar-refractivity contribution is 0.0767. The van der Waals surface area contributed by atoms with Crippen molar-refractivity contribution < 1.29 is 4.74 Å². The van der Waals surface area contributed by atoms with Crippen molar-refractivity contribution in [2.75, 3.05) is 20.2 Å². The number of halogens is 3. The molecule has 0 radical (unpaired) electrons. The van der Waals surface area contributed by atoms with E-state index in [2.05, 4.69) is 16.9 Å². The Balaban J connectivity index is 0.00000128. The molecule has 0 aliphatic carbocycles. The van der Waals surface area contributed by atoms with Crippen LogP contribution in [0.4, 0.5) is 0 Å². The highest BCUT2D eigenvalue weighted by Crippen LogP contribution is 2.24. The maximum atomic E-state index is 5.82. The van der Waals surface area contributed by atoms with E-state index in [-0.39, 0.29) is 12.4 Å². The summed E-state index contributed by atoms with van der Waals surface area (Å²) in [6.45, 7) is 1.82. The number of pyridine rings is 1. The predicted octanol–water partition coefficient (Wildman–Crippen LogP) is 2.89. The van der Waals surface area contributed by atoms with E-state index in [4.69, 9.17) is 27.9 Å². The van der Waals surface area contributed by atoms with Gasteiger partial charge in [-0.15, -0.1) is 12.4 Å². The Hall–Kier alpha value is -0.220. The standard InChI is InChI=1S/C10H12Cl2N2O.ClH/c1-14-3-2-7(14)6-15-8-4-9(11)10(12)13-5-8;/h4-5,7H,2-3,6H2,1H3;1H/t7-;/m0./s1. The van der Waals surface area contributed by atoms with Gasteiger partial charge in [0, 0.05) is 12.1 Å². The molecule has 1 atom stereocenters. The minimum atomic E-state index is 0. The fourth-order valence-corrected chi connectivity index (χ4v) is 1.72. The van der Waals surface area contributed by atoms with Gasteiger partial charge >= 0.3 is 0 Å². The van der Waals surface area contributed by atoms with Crippen molar-refractivity contribution in [2.24, 2.45) is 0 Å². The molecule has 0 amide bonds. The zero-order chi connectivity index (χ0) is 10.8. The van der Waals surface area contributed by atoms with Crippen LogP contribution in [0.2, 0.25) is 10.2 Å². The van der Waals surface area contributed by atoms with Crippen molar-refractivity contribution in [2.45, 2.75) is 12.5 Å². The fraction of sp³-hybridized carbons (Fsp3) is 0.500. The minimum absolute atomic E-state index is 0.